The van der Waals surface area contributed by atoms with Crippen LogP contribution in [0.3, 0.4) is 0 Å². The van der Waals surface area contributed by atoms with Gasteiger partial charge in [-0.15, -0.1) is 12.4 Å². The molecular formula is C27H17ClO4. The third-order valence-electron chi connectivity index (χ3n) is 6.58. The fraction of sp³-hybridized carbons (Fsp3) is 0.0370. The molecule has 0 aromatic heterocycles. The van der Waals surface area contributed by atoms with Crippen molar-refractivity contribution in [3.05, 3.63) is 118 Å². The highest BCUT2D eigenvalue weighted by Gasteiger charge is 2.51. The molecule has 4 aromatic carbocycles. The van der Waals surface area contributed by atoms with Crippen LogP contribution in [0.15, 0.2) is 84.9 Å². The Morgan fingerprint density at radius 2 is 0.906 bits per heavy atom. The van der Waals surface area contributed by atoms with E-state index in [9.17, 15) is 19.8 Å². The third-order valence-corrected chi connectivity index (χ3v) is 6.58. The first kappa shape index (κ1) is 20.0. The maximum absolute atomic E-state index is 11.8. The highest BCUT2D eigenvalue weighted by molar-refractivity contribution is 5.99. The van der Waals surface area contributed by atoms with Crippen molar-refractivity contribution in [1.29, 1.82) is 0 Å². The molecule has 2 aliphatic rings. The molecule has 32 heavy (non-hydrogen) atoms. The van der Waals surface area contributed by atoms with Gasteiger partial charge in [-0.2, -0.15) is 0 Å². The van der Waals surface area contributed by atoms with Crippen molar-refractivity contribution in [3.8, 4) is 22.3 Å². The summed E-state index contributed by atoms with van der Waals surface area (Å²) in [5.74, 6) is -1.97. The second-order valence-electron chi connectivity index (χ2n) is 7.97. The van der Waals surface area contributed by atoms with Gasteiger partial charge in [-0.25, -0.2) is 9.59 Å². The van der Waals surface area contributed by atoms with E-state index >= 15 is 0 Å². The molecule has 0 saturated carbocycles. The summed E-state index contributed by atoms with van der Waals surface area (Å²) in [7, 11) is 0. The molecular weight excluding hydrogens is 424 g/mol. The Bertz CT molecular complexity index is 1340. The molecule has 2 N–H and O–H groups in total. The van der Waals surface area contributed by atoms with Gasteiger partial charge < -0.3 is 10.2 Å². The van der Waals surface area contributed by atoms with Gasteiger partial charge in [0.15, 0.2) is 0 Å². The van der Waals surface area contributed by atoms with Crippen molar-refractivity contribution in [2.24, 2.45) is 0 Å². The Hall–Kier alpha value is -3.89. The quantitative estimate of drug-likeness (QED) is 0.354. The van der Waals surface area contributed by atoms with Crippen LogP contribution in [0.25, 0.3) is 22.3 Å². The minimum atomic E-state index is -0.986. The van der Waals surface area contributed by atoms with Gasteiger partial charge >= 0.3 is 11.9 Å². The molecule has 0 radical (unpaired) electrons. The van der Waals surface area contributed by atoms with Crippen molar-refractivity contribution in [1.82, 2.24) is 0 Å². The summed E-state index contributed by atoms with van der Waals surface area (Å²) in [4.78, 5) is 23.7. The number of carbonyl (C=O) groups is 2. The van der Waals surface area contributed by atoms with Crippen molar-refractivity contribution in [3.63, 3.8) is 0 Å². The van der Waals surface area contributed by atoms with Gasteiger partial charge in [-0.3, -0.25) is 0 Å². The van der Waals surface area contributed by atoms with E-state index in [4.69, 9.17) is 0 Å². The Morgan fingerprint density at radius 3 is 1.31 bits per heavy atom. The summed E-state index contributed by atoms with van der Waals surface area (Å²) in [6.45, 7) is 0. The Morgan fingerprint density at radius 1 is 0.531 bits per heavy atom. The van der Waals surface area contributed by atoms with Crippen molar-refractivity contribution in [2.45, 2.75) is 5.41 Å². The largest absolute Gasteiger partial charge is 0.478 e. The lowest BCUT2D eigenvalue weighted by atomic mass is 9.70. The summed E-state index contributed by atoms with van der Waals surface area (Å²) in [6, 6.07) is 26.6. The van der Waals surface area contributed by atoms with Crippen LogP contribution in [0, 0.1) is 0 Å². The maximum Gasteiger partial charge on any atom is 0.335 e. The first-order chi connectivity index (χ1) is 15.0. The van der Waals surface area contributed by atoms with Crippen LogP contribution in [-0.4, -0.2) is 22.2 Å². The normalized spacial score (nSPS) is 13.5. The molecule has 1 spiro atoms. The molecule has 0 unspecified atom stereocenters. The minimum Gasteiger partial charge on any atom is -0.478 e. The van der Waals surface area contributed by atoms with Crippen LogP contribution < -0.4 is 0 Å². The van der Waals surface area contributed by atoms with E-state index in [-0.39, 0.29) is 23.5 Å². The molecule has 0 heterocycles. The Kier molecular flexibility index (Phi) is 4.26. The standard InChI is InChI=1S/C27H16O4.ClH/c28-25(29)15-9-11-19-17-5-1-3-7-21(17)27(23(19)13-15)22-8-4-2-6-18(22)20-12-10-16(26(30)31)14-24(20)27;/h1-14H,(H,28,29)(H,30,31);1H. The maximum atomic E-state index is 11.8. The van der Waals surface area contributed by atoms with Crippen LogP contribution in [-0.2, 0) is 5.41 Å². The van der Waals surface area contributed by atoms with Gasteiger partial charge in [0, 0.05) is 0 Å². The van der Waals surface area contributed by atoms with Gasteiger partial charge in [-0.05, 0) is 68.8 Å². The molecule has 5 heteroatoms. The SMILES string of the molecule is Cl.O=C(O)c1ccc2c(c1)C1(c3ccccc3-2)c2ccccc2-c2ccc(C(=O)O)cc21. The third kappa shape index (κ3) is 2.33. The number of fused-ring (bicyclic) bond motifs is 10. The molecule has 2 aliphatic carbocycles. The van der Waals surface area contributed by atoms with E-state index < -0.39 is 17.4 Å². The first-order valence-electron chi connectivity index (χ1n) is 9.99. The molecule has 4 aromatic rings. The van der Waals surface area contributed by atoms with Crippen LogP contribution in [0.2, 0.25) is 0 Å². The number of carboxylic acids is 2. The molecule has 0 saturated heterocycles. The molecule has 0 bridgehead atoms. The van der Waals surface area contributed by atoms with Gasteiger partial charge in [-0.1, -0.05) is 60.7 Å². The van der Waals surface area contributed by atoms with E-state index in [1.165, 1.54) is 0 Å². The van der Waals surface area contributed by atoms with Crippen LogP contribution in [0.4, 0.5) is 0 Å². The lowest BCUT2D eigenvalue weighted by molar-refractivity contribution is 0.0686. The smallest absolute Gasteiger partial charge is 0.335 e. The fourth-order valence-corrected chi connectivity index (χ4v) is 5.41. The molecule has 156 valence electrons. The van der Waals surface area contributed by atoms with Gasteiger partial charge in [0.25, 0.3) is 0 Å². The van der Waals surface area contributed by atoms with E-state index in [0.717, 1.165) is 44.5 Å². The van der Waals surface area contributed by atoms with Crippen molar-refractivity contribution >= 4 is 24.3 Å². The molecule has 0 fully saturated rings. The zero-order chi connectivity index (χ0) is 21.3. The Labute approximate surface area is 190 Å². The predicted molar refractivity (Wildman–Crippen MR) is 124 cm³/mol. The van der Waals surface area contributed by atoms with Crippen LogP contribution in [0.1, 0.15) is 43.0 Å². The number of hydrogen-bond donors (Lipinski definition) is 2. The number of rotatable bonds is 2. The fourth-order valence-electron chi connectivity index (χ4n) is 5.41. The summed E-state index contributed by atoms with van der Waals surface area (Å²) in [6.07, 6.45) is 0. The van der Waals surface area contributed by atoms with Crippen LogP contribution >= 0.6 is 12.4 Å². The second-order valence-corrected chi connectivity index (χ2v) is 7.97. The number of halogens is 1. The molecule has 0 aliphatic heterocycles. The van der Waals surface area contributed by atoms with Gasteiger partial charge in [0.2, 0.25) is 0 Å². The average Bonchev–Trinajstić information content (AvgIpc) is 3.25. The molecule has 0 atom stereocenters. The molecule has 4 nitrogen and oxygen atoms in total. The number of hydrogen-bond acceptors (Lipinski definition) is 2. The van der Waals surface area contributed by atoms with Gasteiger partial charge in [0.1, 0.15) is 0 Å². The van der Waals surface area contributed by atoms with E-state index in [2.05, 4.69) is 12.1 Å². The topological polar surface area (TPSA) is 74.6 Å². The minimum absolute atomic E-state index is 0. The lowest BCUT2D eigenvalue weighted by Gasteiger charge is -2.30. The monoisotopic (exact) mass is 440 g/mol. The lowest BCUT2D eigenvalue weighted by Crippen LogP contribution is -2.26. The summed E-state index contributed by atoms with van der Waals surface area (Å²) in [5, 5.41) is 19.4. The van der Waals surface area contributed by atoms with E-state index in [0.29, 0.717) is 0 Å². The highest BCUT2D eigenvalue weighted by atomic mass is 35.5. The molecule has 0 amide bonds. The van der Waals surface area contributed by atoms with Gasteiger partial charge in [0.05, 0.1) is 16.5 Å². The predicted octanol–water partition coefficient (Wildman–Crippen LogP) is 5.85. The Balaban J connectivity index is 0.00000216. The zero-order valence-corrected chi connectivity index (χ0v) is 17.5. The number of aromatic carboxylic acids is 2. The summed E-state index contributed by atoms with van der Waals surface area (Å²) < 4.78 is 0. The van der Waals surface area contributed by atoms with E-state index in [1.807, 2.05) is 48.5 Å². The summed E-state index contributed by atoms with van der Waals surface area (Å²) >= 11 is 0. The first-order valence-corrected chi connectivity index (χ1v) is 9.99. The molecule has 6 rings (SSSR count). The summed E-state index contributed by atoms with van der Waals surface area (Å²) in [5.41, 5.74) is 7.54. The second kappa shape index (κ2) is 6.81. The average molecular weight is 441 g/mol. The van der Waals surface area contributed by atoms with E-state index in [1.54, 1.807) is 24.3 Å². The zero-order valence-electron chi connectivity index (χ0n) is 16.7. The highest BCUT2D eigenvalue weighted by Crippen LogP contribution is 2.62. The van der Waals surface area contributed by atoms with Crippen LogP contribution in [0.5, 0.6) is 0 Å². The van der Waals surface area contributed by atoms with Crippen molar-refractivity contribution in [2.75, 3.05) is 0 Å². The number of carboxylic acid groups (broad SMARTS) is 2. The number of benzene rings is 4. The van der Waals surface area contributed by atoms with Crippen molar-refractivity contribution < 1.29 is 19.8 Å².